The van der Waals surface area contributed by atoms with Gasteiger partial charge in [0.25, 0.3) is 0 Å². The van der Waals surface area contributed by atoms with Gasteiger partial charge in [0.15, 0.2) is 0 Å². The average molecular weight is 292 g/mol. The van der Waals surface area contributed by atoms with Crippen molar-refractivity contribution < 1.29 is 9.53 Å². The summed E-state index contributed by atoms with van der Waals surface area (Å²) in [6.07, 6.45) is 6.59. The molecule has 0 unspecified atom stereocenters. The number of ether oxygens (including phenoxy) is 1. The average Bonchev–Trinajstić information content (AvgIpc) is 2.87. The second kappa shape index (κ2) is 5.13. The van der Waals surface area contributed by atoms with Crippen molar-refractivity contribution in [1.82, 2.24) is 5.32 Å². The zero-order chi connectivity index (χ0) is 14.2. The fourth-order valence-corrected chi connectivity index (χ4v) is 3.51. The Kier molecular flexibility index (Phi) is 3.47. The molecule has 1 atom stereocenters. The molecule has 1 spiro atoms. The SMILES string of the molecule is C=CC(=O)N[C@H]1CC2(CCCC2)Oc2ccc(Cl)cc21. The van der Waals surface area contributed by atoms with E-state index in [1.54, 1.807) is 0 Å². The third-order valence-electron chi connectivity index (χ3n) is 4.27. The predicted molar refractivity (Wildman–Crippen MR) is 79.0 cm³/mol. The van der Waals surface area contributed by atoms with Crippen molar-refractivity contribution in [2.45, 2.75) is 43.7 Å². The van der Waals surface area contributed by atoms with Crippen molar-refractivity contribution in [2.75, 3.05) is 0 Å². The lowest BCUT2D eigenvalue weighted by atomic mass is 9.86. The van der Waals surface area contributed by atoms with Crippen LogP contribution in [0.5, 0.6) is 5.75 Å². The smallest absolute Gasteiger partial charge is 0.243 e. The summed E-state index contributed by atoms with van der Waals surface area (Å²) in [6.45, 7) is 3.52. The summed E-state index contributed by atoms with van der Waals surface area (Å²) in [6, 6.07) is 5.57. The van der Waals surface area contributed by atoms with Crippen LogP contribution in [0.1, 0.15) is 43.7 Å². The first-order chi connectivity index (χ1) is 9.62. The summed E-state index contributed by atoms with van der Waals surface area (Å²) in [5.41, 5.74) is 0.838. The van der Waals surface area contributed by atoms with E-state index >= 15 is 0 Å². The van der Waals surface area contributed by atoms with Crippen LogP contribution >= 0.6 is 11.6 Å². The molecule has 1 N–H and O–H groups in total. The first-order valence-corrected chi connectivity index (χ1v) is 7.41. The summed E-state index contributed by atoms with van der Waals surface area (Å²) in [5.74, 6) is 0.688. The molecule has 1 saturated carbocycles. The lowest BCUT2D eigenvalue weighted by Crippen LogP contribution is -2.43. The lowest BCUT2D eigenvalue weighted by molar-refractivity contribution is -0.117. The molecule has 1 aliphatic carbocycles. The number of carbonyl (C=O) groups is 1. The number of carbonyl (C=O) groups excluding carboxylic acids is 1. The summed E-state index contributed by atoms with van der Waals surface area (Å²) < 4.78 is 6.25. The van der Waals surface area contributed by atoms with E-state index in [2.05, 4.69) is 11.9 Å². The molecular formula is C16H18ClNO2. The van der Waals surface area contributed by atoms with Gasteiger partial charge in [-0.15, -0.1) is 0 Å². The van der Waals surface area contributed by atoms with Crippen LogP contribution in [0.3, 0.4) is 0 Å². The van der Waals surface area contributed by atoms with E-state index in [0.717, 1.165) is 30.6 Å². The largest absolute Gasteiger partial charge is 0.487 e. The highest BCUT2D eigenvalue weighted by molar-refractivity contribution is 6.30. The number of benzene rings is 1. The number of hydrogen-bond acceptors (Lipinski definition) is 2. The molecule has 20 heavy (non-hydrogen) atoms. The molecule has 1 heterocycles. The van der Waals surface area contributed by atoms with Crippen LogP contribution in [0, 0.1) is 0 Å². The topological polar surface area (TPSA) is 38.3 Å². The summed E-state index contributed by atoms with van der Waals surface area (Å²) >= 11 is 6.08. The van der Waals surface area contributed by atoms with E-state index in [1.807, 2.05) is 18.2 Å². The van der Waals surface area contributed by atoms with Crippen molar-refractivity contribution in [3.63, 3.8) is 0 Å². The minimum Gasteiger partial charge on any atom is -0.487 e. The Balaban J connectivity index is 1.96. The van der Waals surface area contributed by atoms with Crippen LogP contribution < -0.4 is 10.1 Å². The van der Waals surface area contributed by atoms with Crippen molar-refractivity contribution in [3.05, 3.63) is 41.4 Å². The zero-order valence-electron chi connectivity index (χ0n) is 11.3. The molecule has 1 aliphatic heterocycles. The van der Waals surface area contributed by atoms with Gasteiger partial charge < -0.3 is 10.1 Å². The molecule has 1 amide bonds. The third kappa shape index (κ3) is 2.42. The van der Waals surface area contributed by atoms with E-state index < -0.39 is 0 Å². The Morgan fingerprint density at radius 1 is 1.45 bits per heavy atom. The van der Waals surface area contributed by atoms with Crippen LogP contribution in [0.15, 0.2) is 30.9 Å². The molecule has 0 saturated heterocycles. The number of fused-ring (bicyclic) bond motifs is 1. The molecular weight excluding hydrogens is 274 g/mol. The maximum absolute atomic E-state index is 11.7. The van der Waals surface area contributed by atoms with Gasteiger partial charge >= 0.3 is 0 Å². The zero-order valence-corrected chi connectivity index (χ0v) is 12.1. The van der Waals surface area contributed by atoms with E-state index in [-0.39, 0.29) is 17.6 Å². The van der Waals surface area contributed by atoms with Gasteiger partial charge in [-0.2, -0.15) is 0 Å². The fourth-order valence-electron chi connectivity index (χ4n) is 3.33. The van der Waals surface area contributed by atoms with Crippen LogP contribution in [0.25, 0.3) is 0 Å². The third-order valence-corrected chi connectivity index (χ3v) is 4.50. The fraction of sp³-hybridized carbons (Fsp3) is 0.438. The molecule has 4 heteroatoms. The highest BCUT2D eigenvalue weighted by atomic mass is 35.5. The van der Waals surface area contributed by atoms with Crippen molar-refractivity contribution in [1.29, 1.82) is 0 Å². The van der Waals surface area contributed by atoms with Gasteiger partial charge in [0, 0.05) is 17.0 Å². The molecule has 0 bridgehead atoms. The minimum atomic E-state index is -0.157. The van der Waals surface area contributed by atoms with Gasteiger partial charge in [0.05, 0.1) is 6.04 Å². The molecule has 0 aromatic heterocycles. The van der Waals surface area contributed by atoms with E-state index in [4.69, 9.17) is 16.3 Å². The number of nitrogens with one attached hydrogen (secondary N) is 1. The molecule has 106 valence electrons. The Morgan fingerprint density at radius 2 is 2.20 bits per heavy atom. The second-order valence-corrected chi connectivity index (χ2v) is 6.08. The quantitative estimate of drug-likeness (QED) is 0.842. The number of rotatable bonds is 2. The van der Waals surface area contributed by atoms with Gasteiger partial charge in [-0.3, -0.25) is 4.79 Å². The molecule has 1 fully saturated rings. The first kappa shape index (κ1) is 13.5. The number of halogens is 1. The maximum Gasteiger partial charge on any atom is 0.243 e. The molecule has 1 aromatic carbocycles. The Bertz CT molecular complexity index is 549. The van der Waals surface area contributed by atoms with Gasteiger partial charge in [0.1, 0.15) is 11.4 Å². The molecule has 0 radical (unpaired) electrons. The molecule has 3 rings (SSSR count). The highest BCUT2D eigenvalue weighted by Crippen LogP contribution is 2.47. The van der Waals surface area contributed by atoms with Gasteiger partial charge in [-0.1, -0.05) is 18.2 Å². The number of amides is 1. The summed E-state index contributed by atoms with van der Waals surface area (Å²) in [7, 11) is 0. The summed E-state index contributed by atoms with van der Waals surface area (Å²) in [5, 5.41) is 3.67. The Hall–Kier alpha value is -1.48. The summed E-state index contributed by atoms with van der Waals surface area (Å²) in [4.78, 5) is 11.7. The van der Waals surface area contributed by atoms with E-state index in [0.29, 0.717) is 5.02 Å². The second-order valence-electron chi connectivity index (χ2n) is 5.64. The minimum absolute atomic E-state index is 0.0546. The van der Waals surface area contributed by atoms with E-state index in [9.17, 15) is 4.79 Å². The maximum atomic E-state index is 11.7. The van der Waals surface area contributed by atoms with Crippen molar-refractivity contribution in [2.24, 2.45) is 0 Å². The monoisotopic (exact) mass is 291 g/mol. The lowest BCUT2D eigenvalue weighted by Gasteiger charge is -2.40. The first-order valence-electron chi connectivity index (χ1n) is 7.03. The molecule has 3 nitrogen and oxygen atoms in total. The standard InChI is InChI=1S/C16H18ClNO2/c1-2-15(19)18-13-10-16(7-3-4-8-16)20-14-6-5-11(17)9-12(13)14/h2,5-6,9,13H,1,3-4,7-8,10H2,(H,18,19)/t13-/m0/s1. The van der Waals surface area contributed by atoms with E-state index in [1.165, 1.54) is 18.9 Å². The Labute approximate surface area is 124 Å². The van der Waals surface area contributed by atoms with Crippen LogP contribution in [-0.4, -0.2) is 11.5 Å². The predicted octanol–water partition coefficient (Wildman–Crippen LogP) is 3.78. The van der Waals surface area contributed by atoms with Gasteiger partial charge in [0.2, 0.25) is 5.91 Å². The highest BCUT2D eigenvalue weighted by Gasteiger charge is 2.43. The normalized spacial score (nSPS) is 22.9. The van der Waals surface area contributed by atoms with Gasteiger partial charge in [-0.05, 0) is 50.0 Å². The van der Waals surface area contributed by atoms with Crippen molar-refractivity contribution in [3.8, 4) is 5.75 Å². The Morgan fingerprint density at radius 3 is 2.90 bits per heavy atom. The molecule has 2 aliphatic rings. The van der Waals surface area contributed by atoms with Crippen LogP contribution in [-0.2, 0) is 4.79 Å². The van der Waals surface area contributed by atoms with Crippen LogP contribution in [0.2, 0.25) is 5.02 Å². The van der Waals surface area contributed by atoms with Crippen LogP contribution in [0.4, 0.5) is 0 Å². The van der Waals surface area contributed by atoms with Gasteiger partial charge in [-0.25, -0.2) is 0 Å². The number of hydrogen-bond donors (Lipinski definition) is 1. The van der Waals surface area contributed by atoms with Crippen molar-refractivity contribution >= 4 is 17.5 Å². The molecule has 1 aromatic rings.